The Hall–Kier alpha value is -3.35. The number of carbonyl (C=O) groups excluding carboxylic acids is 2. The molecular weight excluding hydrogens is 358 g/mol. The molecule has 1 fully saturated rings. The van der Waals surface area contributed by atoms with Crippen molar-refractivity contribution in [3.63, 3.8) is 0 Å². The molecule has 1 aliphatic heterocycles. The van der Waals surface area contributed by atoms with Crippen LogP contribution in [0, 0.1) is 0 Å². The minimum absolute atomic E-state index is 0.435. The number of hydrazone groups is 1. The Morgan fingerprint density at radius 1 is 1.14 bits per heavy atom. The van der Waals surface area contributed by atoms with Gasteiger partial charge in [0.1, 0.15) is 5.54 Å². The molecule has 0 aliphatic carbocycles. The van der Waals surface area contributed by atoms with Gasteiger partial charge in [0.2, 0.25) is 0 Å². The van der Waals surface area contributed by atoms with Gasteiger partial charge in [-0.15, -0.1) is 5.01 Å². The normalized spacial score (nSPS) is 19.2. The van der Waals surface area contributed by atoms with E-state index in [1.165, 1.54) is 6.21 Å². The first-order chi connectivity index (χ1) is 13.5. The molecule has 0 unspecified atom stereocenters. The fraction of sp³-hybridized carbons (Fsp3) is 0.286. The molecule has 0 spiro atoms. The molecule has 0 radical (unpaired) electrons. The third-order valence-electron chi connectivity index (χ3n) is 4.49. The highest BCUT2D eigenvalue weighted by Gasteiger charge is 2.49. The topological polar surface area (TPSA) is 80.2 Å². The second kappa shape index (κ2) is 8.12. The van der Waals surface area contributed by atoms with Crippen molar-refractivity contribution in [2.45, 2.75) is 25.8 Å². The summed E-state index contributed by atoms with van der Waals surface area (Å²) in [4.78, 5) is 25.2. The summed E-state index contributed by atoms with van der Waals surface area (Å²) in [6, 6.07) is 13.8. The molecule has 1 N–H and O–H groups in total. The van der Waals surface area contributed by atoms with E-state index in [4.69, 9.17) is 9.47 Å². The molecule has 1 heterocycles. The van der Waals surface area contributed by atoms with Crippen LogP contribution in [-0.4, -0.2) is 36.9 Å². The Kier molecular flexibility index (Phi) is 5.63. The van der Waals surface area contributed by atoms with E-state index in [2.05, 4.69) is 10.4 Å². The van der Waals surface area contributed by atoms with Crippen LogP contribution in [0.4, 0.5) is 4.79 Å². The van der Waals surface area contributed by atoms with Gasteiger partial charge in [0.25, 0.3) is 5.91 Å². The number of methoxy groups -OCH3 is 1. The summed E-state index contributed by atoms with van der Waals surface area (Å²) in [5.74, 6) is 0.756. The maximum Gasteiger partial charge on any atom is 0.346 e. The number of hydrogen-bond donors (Lipinski definition) is 1. The monoisotopic (exact) mass is 381 g/mol. The summed E-state index contributed by atoms with van der Waals surface area (Å²) in [6.45, 7) is 4.28. The molecule has 0 saturated carbocycles. The molecule has 0 bridgehead atoms. The van der Waals surface area contributed by atoms with E-state index in [0.29, 0.717) is 29.2 Å². The van der Waals surface area contributed by atoms with E-state index < -0.39 is 17.5 Å². The van der Waals surface area contributed by atoms with Crippen molar-refractivity contribution in [3.8, 4) is 11.5 Å². The number of amides is 3. The largest absolute Gasteiger partial charge is 0.493 e. The zero-order valence-corrected chi connectivity index (χ0v) is 16.1. The maximum atomic E-state index is 12.8. The van der Waals surface area contributed by atoms with Crippen LogP contribution in [0.2, 0.25) is 0 Å². The Morgan fingerprint density at radius 3 is 2.57 bits per heavy atom. The van der Waals surface area contributed by atoms with E-state index in [0.717, 1.165) is 11.4 Å². The second-order valence-corrected chi connectivity index (χ2v) is 6.54. The van der Waals surface area contributed by atoms with Gasteiger partial charge < -0.3 is 14.8 Å². The van der Waals surface area contributed by atoms with E-state index in [1.54, 1.807) is 44.4 Å². The van der Waals surface area contributed by atoms with Crippen molar-refractivity contribution in [2.75, 3.05) is 13.7 Å². The summed E-state index contributed by atoms with van der Waals surface area (Å²) in [6.07, 6.45) is 2.33. The highest BCUT2D eigenvalue weighted by atomic mass is 16.5. The summed E-state index contributed by atoms with van der Waals surface area (Å²) in [7, 11) is 1.55. The van der Waals surface area contributed by atoms with Gasteiger partial charge >= 0.3 is 6.03 Å². The number of nitrogens with one attached hydrogen (secondary N) is 1. The highest BCUT2D eigenvalue weighted by Crippen LogP contribution is 2.30. The molecule has 1 atom stereocenters. The molecule has 7 heteroatoms. The lowest BCUT2D eigenvalue weighted by Gasteiger charge is -2.20. The standard InChI is InChI=1S/C21H23N3O4/c1-4-12-28-17-11-10-15(13-18(17)27-3)14-22-24-19(25)21(2,23-20(24)26)16-8-6-5-7-9-16/h5-11,13-14H,4,12H2,1-3H3,(H,23,26)/b22-14-/t21-/m1/s1. The van der Waals surface area contributed by atoms with Crippen molar-refractivity contribution >= 4 is 18.2 Å². The first kappa shape index (κ1) is 19.4. The third-order valence-corrected chi connectivity index (χ3v) is 4.49. The van der Waals surface area contributed by atoms with Crippen molar-refractivity contribution in [2.24, 2.45) is 5.10 Å². The fourth-order valence-corrected chi connectivity index (χ4v) is 2.92. The number of urea groups is 1. The van der Waals surface area contributed by atoms with E-state index in [1.807, 2.05) is 25.1 Å². The number of rotatable bonds is 7. The Balaban J connectivity index is 1.81. The SMILES string of the molecule is CCCOc1ccc(/C=N\N2C(=O)N[C@](C)(c3ccccc3)C2=O)cc1OC. The van der Waals surface area contributed by atoms with Crippen molar-refractivity contribution in [3.05, 3.63) is 59.7 Å². The Labute approximate surface area is 163 Å². The minimum atomic E-state index is -1.15. The first-order valence-corrected chi connectivity index (χ1v) is 9.06. The molecule has 7 nitrogen and oxygen atoms in total. The summed E-state index contributed by atoms with van der Waals surface area (Å²) >= 11 is 0. The van der Waals surface area contributed by atoms with Gasteiger partial charge in [-0.3, -0.25) is 4.79 Å². The van der Waals surface area contributed by atoms with Gasteiger partial charge in [0.05, 0.1) is 19.9 Å². The second-order valence-electron chi connectivity index (χ2n) is 6.54. The molecule has 28 heavy (non-hydrogen) atoms. The number of imide groups is 1. The third kappa shape index (κ3) is 3.69. The smallest absolute Gasteiger partial charge is 0.346 e. The highest BCUT2D eigenvalue weighted by molar-refractivity contribution is 6.07. The Morgan fingerprint density at radius 2 is 1.89 bits per heavy atom. The van der Waals surface area contributed by atoms with Crippen LogP contribution in [-0.2, 0) is 10.3 Å². The lowest BCUT2D eigenvalue weighted by atomic mass is 9.92. The summed E-state index contributed by atoms with van der Waals surface area (Å²) < 4.78 is 11.0. The lowest BCUT2D eigenvalue weighted by Crippen LogP contribution is -2.40. The first-order valence-electron chi connectivity index (χ1n) is 9.06. The van der Waals surface area contributed by atoms with Gasteiger partial charge in [-0.05, 0) is 42.7 Å². The number of benzene rings is 2. The van der Waals surface area contributed by atoms with Crippen molar-refractivity contribution in [1.29, 1.82) is 0 Å². The molecule has 0 aromatic heterocycles. The van der Waals surface area contributed by atoms with Crippen LogP contribution >= 0.6 is 0 Å². The minimum Gasteiger partial charge on any atom is -0.493 e. The van der Waals surface area contributed by atoms with E-state index in [-0.39, 0.29) is 0 Å². The predicted octanol–water partition coefficient (Wildman–Crippen LogP) is 3.29. The molecule has 1 aliphatic rings. The van der Waals surface area contributed by atoms with Crippen LogP contribution in [0.3, 0.4) is 0 Å². The zero-order chi connectivity index (χ0) is 20.1. The summed E-state index contributed by atoms with van der Waals surface area (Å²) in [5.41, 5.74) is 0.227. The number of nitrogens with zero attached hydrogens (tertiary/aromatic N) is 2. The van der Waals surface area contributed by atoms with Gasteiger partial charge in [0, 0.05) is 0 Å². The van der Waals surface area contributed by atoms with Gasteiger partial charge in [-0.2, -0.15) is 5.10 Å². The van der Waals surface area contributed by atoms with Crippen LogP contribution in [0.1, 0.15) is 31.4 Å². The van der Waals surface area contributed by atoms with Crippen LogP contribution in [0.15, 0.2) is 53.6 Å². The molecule has 3 amide bonds. The average Bonchev–Trinajstić information content (AvgIpc) is 2.95. The van der Waals surface area contributed by atoms with Gasteiger partial charge in [-0.25, -0.2) is 4.79 Å². The summed E-state index contributed by atoms with van der Waals surface area (Å²) in [5, 5.41) is 7.66. The number of hydrogen-bond acceptors (Lipinski definition) is 5. The lowest BCUT2D eigenvalue weighted by molar-refractivity contribution is -0.131. The average molecular weight is 381 g/mol. The van der Waals surface area contributed by atoms with E-state index in [9.17, 15) is 9.59 Å². The molecule has 3 rings (SSSR count). The van der Waals surface area contributed by atoms with Gasteiger partial charge in [-0.1, -0.05) is 37.3 Å². The molecule has 1 saturated heterocycles. The Bertz CT molecular complexity index is 898. The van der Waals surface area contributed by atoms with Crippen LogP contribution in [0.25, 0.3) is 0 Å². The molecule has 146 valence electrons. The molecule has 2 aromatic carbocycles. The van der Waals surface area contributed by atoms with Crippen LogP contribution < -0.4 is 14.8 Å². The zero-order valence-electron chi connectivity index (χ0n) is 16.1. The molecular formula is C21H23N3O4. The maximum absolute atomic E-state index is 12.8. The molecule has 2 aromatic rings. The number of carbonyl (C=O) groups is 2. The number of ether oxygens (including phenoxy) is 2. The van der Waals surface area contributed by atoms with Crippen LogP contribution in [0.5, 0.6) is 11.5 Å². The quantitative estimate of drug-likeness (QED) is 0.590. The fourth-order valence-electron chi connectivity index (χ4n) is 2.92. The predicted molar refractivity (Wildman–Crippen MR) is 106 cm³/mol. The van der Waals surface area contributed by atoms with E-state index >= 15 is 0 Å². The van der Waals surface area contributed by atoms with Gasteiger partial charge in [0.15, 0.2) is 11.5 Å². The van der Waals surface area contributed by atoms with Crippen molar-refractivity contribution < 1.29 is 19.1 Å². The van der Waals surface area contributed by atoms with Crippen molar-refractivity contribution in [1.82, 2.24) is 10.3 Å².